The molecule has 1 unspecified atom stereocenters. The van der Waals surface area contributed by atoms with Gasteiger partial charge in [-0.15, -0.1) is 0 Å². The summed E-state index contributed by atoms with van der Waals surface area (Å²) < 4.78 is 1.91. The van der Waals surface area contributed by atoms with E-state index >= 15 is 0 Å². The Morgan fingerprint density at radius 1 is 1.35 bits per heavy atom. The predicted octanol–water partition coefficient (Wildman–Crippen LogP) is 3.69. The van der Waals surface area contributed by atoms with Crippen LogP contribution in [0.3, 0.4) is 0 Å². The van der Waals surface area contributed by atoms with Gasteiger partial charge in [0.1, 0.15) is 0 Å². The van der Waals surface area contributed by atoms with Crippen molar-refractivity contribution in [2.75, 3.05) is 6.54 Å². The van der Waals surface area contributed by atoms with Gasteiger partial charge in [-0.2, -0.15) is 5.10 Å². The van der Waals surface area contributed by atoms with Gasteiger partial charge in [-0.25, -0.2) is 0 Å². The van der Waals surface area contributed by atoms with Crippen molar-refractivity contribution in [2.24, 2.45) is 13.0 Å². The average molecular weight is 277 g/mol. The normalized spacial score (nSPS) is 18.3. The van der Waals surface area contributed by atoms with Crippen LogP contribution in [-0.2, 0) is 13.5 Å². The van der Waals surface area contributed by atoms with Crippen LogP contribution in [0.15, 0.2) is 12.4 Å². The topological polar surface area (TPSA) is 29.9 Å². The first-order valence-electron chi connectivity index (χ1n) is 8.49. The number of nitrogens with zero attached hydrogens (tertiary/aromatic N) is 2. The van der Waals surface area contributed by atoms with Crippen molar-refractivity contribution < 1.29 is 0 Å². The SMILES string of the molecule is CCCNC(CCC1CCCCC1)Cc1cnn(C)c1. The van der Waals surface area contributed by atoms with Crippen molar-refractivity contribution in [3.63, 3.8) is 0 Å². The summed E-state index contributed by atoms with van der Waals surface area (Å²) >= 11 is 0. The van der Waals surface area contributed by atoms with Gasteiger partial charge in [0.05, 0.1) is 6.20 Å². The van der Waals surface area contributed by atoms with Crippen LogP contribution in [-0.4, -0.2) is 22.4 Å². The van der Waals surface area contributed by atoms with E-state index in [1.54, 1.807) is 0 Å². The zero-order chi connectivity index (χ0) is 14.2. The predicted molar refractivity (Wildman–Crippen MR) is 84.8 cm³/mol. The summed E-state index contributed by atoms with van der Waals surface area (Å²) in [6, 6.07) is 0.626. The van der Waals surface area contributed by atoms with E-state index in [0.29, 0.717) is 6.04 Å². The van der Waals surface area contributed by atoms with Gasteiger partial charge >= 0.3 is 0 Å². The van der Waals surface area contributed by atoms with Crippen molar-refractivity contribution >= 4 is 0 Å². The first-order valence-corrected chi connectivity index (χ1v) is 8.49. The molecule has 0 aliphatic heterocycles. The van der Waals surface area contributed by atoms with E-state index in [1.165, 1.54) is 56.9 Å². The Morgan fingerprint density at radius 3 is 2.80 bits per heavy atom. The molecule has 0 bridgehead atoms. The summed E-state index contributed by atoms with van der Waals surface area (Å²) in [5.74, 6) is 0.989. The van der Waals surface area contributed by atoms with E-state index < -0.39 is 0 Å². The molecule has 114 valence electrons. The summed E-state index contributed by atoms with van der Waals surface area (Å²) in [4.78, 5) is 0. The number of hydrogen-bond acceptors (Lipinski definition) is 2. The van der Waals surface area contributed by atoms with Crippen LogP contribution in [0, 0.1) is 5.92 Å². The molecular weight excluding hydrogens is 246 g/mol. The van der Waals surface area contributed by atoms with Gasteiger partial charge in [-0.05, 0) is 43.7 Å². The fraction of sp³-hybridized carbons (Fsp3) is 0.824. The number of aromatic nitrogens is 2. The smallest absolute Gasteiger partial charge is 0.0522 e. The lowest BCUT2D eigenvalue weighted by Crippen LogP contribution is -2.32. The maximum absolute atomic E-state index is 4.29. The molecule has 1 aliphatic carbocycles. The van der Waals surface area contributed by atoms with Crippen molar-refractivity contribution in [3.8, 4) is 0 Å². The van der Waals surface area contributed by atoms with E-state index in [9.17, 15) is 0 Å². The minimum Gasteiger partial charge on any atom is -0.314 e. The van der Waals surface area contributed by atoms with Crippen LogP contribution in [0.2, 0.25) is 0 Å². The molecule has 20 heavy (non-hydrogen) atoms. The fourth-order valence-corrected chi connectivity index (χ4v) is 3.40. The Bertz CT molecular complexity index is 366. The van der Waals surface area contributed by atoms with Crippen LogP contribution in [0.25, 0.3) is 0 Å². The summed E-state index contributed by atoms with van der Waals surface area (Å²) in [6.45, 7) is 3.38. The van der Waals surface area contributed by atoms with Gasteiger partial charge in [0.25, 0.3) is 0 Å². The minimum absolute atomic E-state index is 0.626. The Hall–Kier alpha value is -0.830. The van der Waals surface area contributed by atoms with Crippen LogP contribution < -0.4 is 5.32 Å². The fourth-order valence-electron chi connectivity index (χ4n) is 3.40. The largest absolute Gasteiger partial charge is 0.314 e. The molecule has 0 amide bonds. The van der Waals surface area contributed by atoms with E-state index in [-0.39, 0.29) is 0 Å². The molecule has 0 aromatic carbocycles. The molecule has 3 nitrogen and oxygen atoms in total. The summed E-state index contributed by atoms with van der Waals surface area (Å²) in [5.41, 5.74) is 1.37. The van der Waals surface area contributed by atoms with Crippen molar-refractivity contribution in [1.29, 1.82) is 0 Å². The van der Waals surface area contributed by atoms with Crippen molar-refractivity contribution in [1.82, 2.24) is 15.1 Å². The highest BCUT2D eigenvalue weighted by atomic mass is 15.2. The monoisotopic (exact) mass is 277 g/mol. The van der Waals surface area contributed by atoms with E-state index in [1.807, 2.05) is 17.9 Å². The molecule has 1 heterocycles. The van der Waals surface area contributed by atoms with Crippen LogP contribution in [0.1, 0.15) is 63.9 Å². The zero-order valence-electron chi connectivity index (χ0n) is 13.3. The summed E-state index contributed by atoms with van der Waals surface area (Å²) in [5, 5.41) is 8.02. The third-order valence-electron chi connectivity index (χ3n) is 4.57. The van der Waals surface area contributed by atoms with Crippen LogP contribution in [0.5, 0.6) is 0 Å². The molecule has 3 heteroatoms. The number of hydrogen-bond donors (Lipinski definition) is 1. The highest BCUT2D eigenvalue weighted by molar-refractivity contribution is 5.06. The standard InChI is InChI=1S/C17H31N3/c1-3-11-18-17(12-16-13-19-20(2)14-16)10-9-15-7-5-4-6-8-15/h13-15,17-18H,3-12H2,1-2H3. The van der Waals surface area contributed by atoms with Gasteiger partial charge < -0.3 is 5.32 Å². The molecule has 1 aliphatic rings. The van der Waals surface area contributed by atoms with Crippen molar-refractivity contribution in [2.45, 2.75) is 70.8 Å². The van der Waals surface area contributed by atoms with Gasteiger partial charge in [-0.3, -0.25) is 4.68 Å². The number of rotatable bonds is 8. The summed E-state index contributed by atoms with van der Waals surface area (Å²) in [7, 11) is 2.00. The number of aryl methyl sites for hydroxylation is 1. The quantitative estimate of drug-likeness (QED) is 0.785. The minimum atomic E-state index is 0.626. The second-order valence-corrected chi connectivity index (χ2v) is 6.46. The molecular formula is C17H31N3. The molecule has 1 saturated carbocycles. The Labute approximate surface area is 124 Å². The highest BCUT2D eigenvalue weighted by Gasteiger charge is 2.16. The third-order valence-corrected chi connectivity index (χ3v) is 4.57. The second kappa shape index (κ2) is 8.46. The highest BCUT2D eigenvalue weighted by Crippen LogP contribution is 2.28. The van der Waals surface area contributed by atoms with E-state index in [2.05, 4.69) is 23.5 Å². The molecule has 1 fully saturated rings. The molecule has 1 atom stereocenters. The Kier molecular flexibility index (Phi) is 6.58. The number of nitrogens with one attached hydrogen (secondary N) is 1. The van der Waals surface area contributed by atoms with Gasteiger partial charge in [0.2, 0.25) is 0 Å². The Balaban J connectivity index is 1.79. The zero-order valence-corrected chi connectivity index (χ0v) is 13.3. The molecule has 1 aromatic rings. The first kappa shape index (κ1) is 15.6. The molecule has 1 N–H and O–H groups in total. The molecule has 1 aromatic heterocycles. The van der Waals surface area contributed by atoms with Gasteiger partial charge in [0, 0.05) is 19.3 Å². The van der Waals surface area contributed by atoms with Crippen molar-refractivity contribution in [3.05, 3.63) is 18.0 Å². The maximum atomic E-state index is 4.29. The molecule has 0 radical (unpaired) electrons. The van der Waals surface area contributed by atoms with Crippen LogP contribution in [0.4, 0.5) is 0 Å². The lowest BCUT2D eigenvalue weighted by Gasteiger charge is -2.24. The molecule has 2 rings (SSSR count). The van der Waals surface area contributed by atoms with E-state index in [0.717, 1.165) is 18.9 Å². The van der Waals surface area contributed by atoms with Gasteiger partial charge in [-0.1, -0.05) is 39.0 Å². The second-order valence-electron chi connectivity index (χ2n) is 6.46. The Morgan fingerprint density at radius 2 is 2.15 bits per heavy atom. The van der Waals surface area contributed by atoms with Crippen LogP contribution >= 0.6 is 0 Å². The summed E-state index contributed by atoms with van der Waals surface area (Å²) in [6.07, 6.45) is 16.5. The lowest BCUT2D eigenvalue weighted by atomic mass is 9.84. The van der Waals surface area contributed by atoms with Gasteiger partial charge in [0.15, 0.2) is 0 Å². The third kappa shape index (κ3) is 5.28. The molecule has 0 saturated heterocycles. The molecule has 0 spiro atoms. The lowest BCUT2D eigenvalue weighted by molar-refractivity contribution is 0.312. The maximum Gasteiger partial charge on any atom is 0.0522 e. The average Bonchev–Trinajstić information content (AvgIpc) is 2.88. The first-order chi connectivity index (χ1) is 9.78. The van der Waals surface area contributed by atoms with E-state index in [4.69, 9.17) is 0 Å².